The molecule has 22 heavy (non-hydrogen) atoms. The van der Waals surface area contributed by atoms with Crippen LogP contribution in [0, 0.1) is 5.82 Å². The van der Waals surface area contributed by atoms with Gasteiger partial charge in [0.1, 0.15) is 11.6 Å². The monoisotopic (exact) mass is 310 g/mol. The first kappa shape index (κ1) is 16.1. The molecule has 0 radical (unpaired) electrons. The summed E-state index contributed by atoms with van der Waals surface area (Å²) in [6.45, 7) is 1.03. The van der Waals surface area contributed by atoms with Crippen LogP contribution in [0.25, 0.3) is 0 Å². The van der Waals surface area contributed by atoms with Crippen molar-refractivity contribution in [3.05, 3.63) is 30.1 Å². The predicted octanol–water partition coefficient (Wildman–Crippen LogP) is 1.55. The molecule has 1 aliphatic rings. The van der Waals surface area contributed by atoms with E-state index in [1.165, 1.54) is 31.4 Å². The van der Waals surface area contributed by atoms with E-state index in [1.54, 1.807) is 4.90 Å². The summed E-state index contributed by atoms with van der Waals surface area (Å²) in [7, 11) is 1.32. The van der Waals surface area contributed by atoms with Crippen molar-refractivity contribution < 1.29 is 23.5 Å². The van der Waals surface area contributed by atoms with Crippen LogP contribution < -0.4 is 10.1 Å². The lowest BCUT2D eigenvalue weighted by molar-refractivity contribution is -0.134. The van der Waals surface area contributed by atoms with Crippen molar-refractivity contribution >= 4 is 12.0 Å². The minimum atomic E-state index is -0.454. The Balaban J connectivity index is 1.73. The first-order chi connectivity index (χ1) is 10.6. The van der Waals surface area contributed by atoms with Gasteiger partial charge in [-0.2, -0.15) is 0 Å². The molecule has 7 heteroatoms. The third-order valence-electron chi connectivity index (χ3n) is 3.53. The Morgan fingerprint density at radius 3 is 2.50 bits per heavy atom. The van der Waals surface area contributed by atoms with Gasteiger partial charge < -0.3 is 19.7 Å². The third kappa shape index (κ3) is 4.61. The van der Waals surface area contributed by atoms with E-state index in [2.05, 4.69) is 10.1 Å². The molecule has 1 N–H and O–H groups in total. The summed E-state index contributed by atoms with van der Waals surface area (Å²) in [5.74, 6) is -0.0170. The molecule has 0 saturated carbocycles. The van der Waals surface area contributed by atoms with Crippen molar-refractivity contribution in [2.45, 2.75) is 18.9 Å². The zero-order valence-corrected chi connectivity index (χ0v) is 12.4. The Bertz CT molecular complexity index is 513. The number of carbonyl (C=O) groups excluding carboxylic acids is 2. The summed E-state index contributed by atoms with van der Waals surface area (Å²) in [4.78, 5) is 24.8. The molecular formula is C15H19FN2O4. The van der Waals surface area contributed by atoms with Gasteiger partial charge in [-0.3, -0.25) is 4.79 Å². The Morgan fingerprint density at radius 1 is 1.27 bits per heavy atom. The van der Waals surface area contributed by atoms with Crippen LogP contribution in [0.4, 0.5) is 9.18 Å². The van der Waals surface area contributed by atoms with Gasteiger partial charge in [0.15, 0.2) is 6.61 Å². The van der Waals surface area contributed by atoms with Gasteiger partial charge in [0.2, 0.25) is 0 Å². The Labute approximate surface area is 128 Å². The van der Waals surface area contributed by atoms with E-state index in [9.17, 15) is 14.0 Å². The number of rotatable bonds is 4. The molecule has 0 unspecified atom stereocenters. The fraction of sp³-hybridized carbons (Fsp3) is 0.467. The lowest BCUT2D eigenvalue weighted by atomic mass is 10.1. The molecule has 1 heterocycles. The highest BCUT2D eigenvalue weighted by Crippen LogP contribution is 2.13. The van der Waals surface area contributed by atoms with E-state index in [0.717, 1.165) is 0 Å². The second-order valence-electron chi connectivity index (χ2n) is 5.03. The predicted molar refractivity (Wildman–Crippen MR) is 77.0 cm³/mol. The quantitative estimate of drug-likeness (QED) is 0.916. The van der Waals surface area contributed by atoms with Crippen LogP contribution in [-0.2, 0) is 9.53 Å². The van der Waals surface area contributed by atoms with Gasteiger partial charge in [-0.1, -0.05) is 0 Å². The summed E-state index contributed by atoms with van der Waals surface area (Å²) in [5, 5.41) is 2.73. The number of hydrogen-bond donors (Lipinski definition) is 1. The summed E-state index contributed by atoms with van der Waals surface area (Å²) in [6, 6.07) is 5.55. The molecule has 1 fully saturated rings. The first-order valence-electron chi connectivity index (χ1n) is 7.09. The fourth-order valence-electron chi connectivity index (χ4n) is 2.27. The van der Waals surface area contributed by atoms with Crippen molar-refractivity contribution in [3.63, 3.8) is 0 Å². The number of ether oxygens (including phenoxy) is 2. The van der Waals surface area contributed by atoms with Gasteiger partial charge in [0.05, 0.1) is 7.11 Å². The molecule has 120 valence electrons. The lowest BCUT2D eigenvalue weighted by Gasteiger charge is -2.32. The van der Waals surface area contributed by atoms with Crippen LogP contribution in [0.15, 0.2) is 24.3 Å². The van der Waals surface area contributed by atoms with Gasteiger partial charge in [-0.25, -0.2) is 9.18 Å². The fourth-order valence-corrected chi connectivity index (χ4v) is 2.27. The molecule has 0 atom stereocenters. The topological polar surface area (TPSA) is 67.9 Å². The molecule has 2 amide bonds. The number of likely N-dealkylation sites (tertiary alicyclic amines) is 1. The van der Waals surface area contributed by atoms with Crippen LogP contribution in [0.5, 0.6) is 5.75 Å². The SMILES string of the molecule is COC(=O)NC1CCN(C(=O)COc2ccc(F)cc2)CC1. The van der Waals surface area contributed by atoms with Gasteiger partial charge >= 0.3 is 6.09 Å². The number of nitrogens with one attached hydrogen (secondary N) is 1. The third-order valence-corrected chi connectivity index (χ3v) is 3.53. The van der Waals surface area contributed by atoms with E-state index >= 15 is 0 Å². The van der Waals surface area contributed by atoms with Crippen molar-refractivity contribution in [3.8, 4) is 5.75 Å². The number of piperidine rings is 1. The molecule has 0 bridgehead atoms. The van der Waals surface area contributed by atoms with E-state index in [4.69, 9.17) is 4.74 Å². The van der Waals surface area contributed by atoms with Crippen molar-refractivity contribution in [2.24, 2.45) is 0 Å². The summed E-state index contributed by atoms with van der Waals surface area (Å²) in [5.41, 5.74) is 0. The normalized spacial score (nSPS) is 15.3. The maximum atomic E-state index is 12.8. The molecule has 1 saturated heterocycles. The van der Waals surface area contributed by atoms with E-state index in [0.29, 0.717) is 31.7 Å². The molecule has 1 aliphatic heterocycles. The average molecular weight is 310 g/mol. The van der Waals surface area contributed by atoms with E-state index < -0.39 is 6.09 Å². The zero-order valence-electron chi connectivity index (χ0n) is 12.4. The van der Waals surface area contributed by atoms with E-state index in [-0.39, 0.29) is 24.4 Å². The van der Waals surface area contributed by atoms with E-state index in [1.807, 2.05) is 0 Å². The molecule has 0 spiro atoms. The summed E-state index contributed by atoms with van der Waals surface area (Å²) < 4.78 is 22.6. The van der Waals surface area contributed by atoms with Crippen LogP contribution in [0.2, 0.25) is 0 Å². The standard InChI is InChI=1S/C15H19FN2O4/c1-21-15(20)17-12-6-8-18(9-7-12)14(19)10-22-13-4-2-11(16)3-5-13/h2-5,12H,6-10H2,1H3,(H,17,20). The molecular weight excluding hydrogens is 291 g/mol. The molecule has 6 nitrogen and oxygen atoms in total. The van der Waals surface area contributed by atoms with Crippen molar-refractivity contribution in [1.29, 1.82) is 0 Å². The van der Waals surface area contributed by atoms with Gasteiger partial charge in [0, 0.05) is 19.1 Å². The number of hydrogen-bond acceptors (Lipinski definition) is 4. The van der Waals surface area contributed by atoms with Gasteiger partial charge in [-0.05, 0) is 37.1 Å². The second-order valence-corrected chi connectivity index (χ2v) is 5.03. The zero-order chi connectivity index (χ0) is 15.9. The highest BCUT2D eigenvalue weighted by Gasteiger charge is 2.24. The number of nitrogens with zero attached hydrogens (tertiary/aromatic N) is 1. The van der Waals surface area contributed by atoms with Crippen molar-refractivity contribution in [2.75, 3.05) is 26.8 Å². The molecule has 1 aromatic carbocycles. The van der Waals surface area contributed by atoms with Gasteiger partial charge in [-0.15, -0.1) is 0 Å². The number of amides is 2. The number of methoxy groups -OCH3 is 1. The minimum absolute atomic E-state index is 0.0227. The summed E-state index contributed by atoms with van der Waals surface area (Å²) >= 11 is 0. The van der Waals surface area contributed by atoms with Crippen molar-refractivity contribution in [1.82, 2.24) is 10.2 Å². The highest BCUT2D eigenvalue weighted by molar-refractivity contribution is 5.78. The van der Waals surface area contributed by atoms with Crippen LogP contribution in [0.1, 0.15) is 12.8 Å². The number of alkyl carbamates (subject to hydrolysis) is 1. The number of halogens is 1. The maximum absolute atomic E-state index is 12.8. The van der Waals surface area contributed by atoms with Gasteiger partial charge in [0.25, 0.3) is 5.91 Å². The Hall–Kier alpha value is -2.31. The largest absolute Gasteiger partial charge is 0.484 e. The van der Waals surface area contributed by atoms with Crippen LogP contribution >= 0.6 is 0 Å². The molecule has 0 aliphatic carbocycles. The lowest BCUT2D eigenvalue weighted by Crippen LogP contribution is -2.47. The molecule has 2 rings (SSSR count). The molecule has 0 aromatic heterocycles. The first-order valence-corrected chi connectivity index (χ1v) is 7.09. The highest BCUT2D eigenvalue weighted by atomic mass is 19.1. The Morgan fingerprint density at radius 2 is 1.91 bits per heavy atom. The van der Waals surface area contributed by atoms with Crippen LogP contribution in [-0.4, -0.2) is 49.7 Å². The number of benzene rings is 1. The molecule has 1 aromatic rings. The maximum Gasteiger partial charge on any atom is 0.407 e. The smallest absolute Gasteiger partial charge is 0.407 e. The summed E-state index contributed by atoms with van der Waals surface area (Å²) in [6.07, 6.45) is 0.902. The van der Waals surface area contributed by atoms with Crippen LogP contribution in [0.3, 0.4) is 0 Å². The number of carbonyl (C=O) groups is 2. The average Bonchev–Trinajstić information content (AvgIpc) is 2.54. The minimum Gasteiger partial charge on any atom is -0.484 e. The second kappa shape index (κ2) is 7.63. The Kier molecular flexibility index (Phi) is 5.57.